The van der Waals surface area contributed by atoms with Crippen molar-refractivity contribution < 1.29 is 0 Å². The third-order valence-electron chi connectivity index (χ3n) is 3.24. The zero-order valence-electron chi connectivity index (χ0n) is 11.7. The van der Waals surface area contributed by atoms with Gasteiger partial charge in [0.25, 0.3) is 0 Å². The first-order chi connectivity index (χ1) is 10.2. The van der Waals surface area contributed by atoms with Crippen LogP contribution in [0.5, 0.6) is 0 Å². The second-order valence-electron chi connectivity index (χ2n) is 4.86. The third-order valence-corrected chi connectivity index (χ3v) is 3.24. The van der Waals surface area contributed by atoms with E-state index in [4.69, 9.17) is 0 Å². The lowest BCUT2D eigenvalue weighted by molar-refractivity contribution is 0.986. The molecule has 1 aromatic carbocycles. The molecule has 21 heavy (non-hydrogen) atoms. The lowest BCUT2D eigenvalue weighted by Gasteiger charge is -2.07. The molecule has 2 N–H and O–H groups in total. The van der Waals surface area contributed by atoms with Crippen LogP contribution in [0.2, 0.25) is 0 Å². The smallest absolute Gasteiger partial charge is 0.330 e. The number of rotatable bonds is 4. The summed E-state index contributed by atoms with van der Waals surface area (Å²) in [6.07, 6.45) is 5.19. The highest BCUT2D eigenvalue weighted by Gasteiger charge is 2.00. The summed E-state index contributed by atoms with van der Waals surface area (Å²) >= 11 is 0. The molecule has 0 fully saturated rings. The van der Waals surface area contributed by atoms with Gasteiger partial charge in [0, 0.05) is 24.3 Å². The Morgan fingerprint density at radius 1 is 1.19 bits per heavy atom. The van der Waals surface area contributed by atoms with Gasteiger partial charge in [0.1, 0.15) is 0 Å². The van der Waals surface area contributed by atoms with Crippen LogP contribution in [0.3, 0.4) is 0 Å². The van der Waals surface area contributed by atoms with E-state index < -0.39 is 0 Å². The minimum Gasteiger partial charge on any atom is -0.379 e. The first kappa shape index (κ1) is 13.2. The minimum atomic E-state index is -0.139. The molecule has 5 nitrogen and oxygen atoms in total. The normalized spacial score (nSPS) is 10.5. The number of hydrogen-bond donors (Lipinski definition) is 2. The summed E-state index contributed by atoms with van der Waals surface area (Å²) < 4.78 is 1.56. The molecule has 0 aliphatic heterocycles. The molecular weight excluding hydrogens is 264 g/mol. The largest absolute Gasteiger partial charge is 0.379 e. The predicted molar refractivity (Wildman–Crippen MR) is 82.7 cm³/mol. The Morgan fingerprint density at radius 2 is 2.00 bits per heavy atom. The van der Waals surface area contributed by atoms with E-state index in [0.717, 1.165) is 22.6 Å². The monoisotopic (exact) mass is 280 g/mol. The van der Waals surface area contributed by atoms with Crippen molar-refractivity contribution in [2.45, 2.75) is 13.5 Å². The zero-order valence-corrected chi connectivity index (χ0v) is 11.7. The fourth-order valence-electron chi connectivity index (χ4n) is 2.06. The van der Waals surface area contributed by atoms with E-state index >= 15 is 0 Å². The van der Waals surface area contributed by atoms with Crippen LogP contribution in [0.4, 0.5) is 5.69 Å². The van der Waals surface area contributed by atoms with Crippen molar-refractivity contribution in [3.8, 4) is 5.69 Å². The highest BCUT2D eigenvalue weighted by atomic mass is 16.1. The van der Waals surface area contributed by atoms with Crippen LogP contribution in [0.1, 0.15) is 11.3 Å². The molecule has 2 heterocycles. The SMILES string of the molecule is Cc1ccc(CNc2ccc(-n3cc[nH]c3=O)cc2)nc1. The lowest BCUT2D eigenvalue weighted by atomic mass is 10.2. The number of nitrogens with zero attached hydrogens (tertiary/aromatic N) is 2. The van der Waals surface area contributed by atoms with Crippen molar-refractivity contribution in [2.75, 3.05) is 5.32 Å². The molecule has 0 aliphatic rings. The molecule has 0 radical (unpaired) electrons. The minimum absolute atomic E-state index is 0.139. The van der Waals surface area contributed by atoms with Gasteiger partial charge in [0.15, 0.2) is 0 Å². The average molecular weight is 280 g/mol. The van der Waals surface area contributed by atoms with E-state index in [1.807, 2.05) is 49.5 Å². The topological polar surface area (TPSA) is 62.7 Å². The van der Waals surface area contributed by atoms with Crippen LogP contribution < -0.4 is 11.0 Å². The number of anilines is 1. The highest BCUT2D eigenvalue weighted by Crippen LogP contribution is 2.13. The van der Waals surface area contributed by atoms with Crippen molar-refractivity contribution in [3.05, 3.63) is 76.7 Å². The summed E-state index contributed by atoms with van der Waals surface area (Å²) in [6, 6.07) is 11.8. The van der Waals surface area contributed by atoms with Gasteiger partial charge in [-0.15, -0.1) is 0 Å². The number of aromatic nitrogens is 3. The summed E-state index contributed by atoms with van der Waals surface area (Å²) in [4.78, 5) is 18.5. The average Bonchev–Trinajstić information content (AvgIpc) is 2.93. The Hall–Kier alpha value is -2.82. The molecule has 0 saturated heterocycles. The number of hydrogen-bond acceptors (Lipinski definition) is 3. The molecular formula is C16H16N4O. The fourth-order valence-corrected chi connectivity index (χ4v) is 2.06. The quantitative estimate of drug-likeness (QED) is 0.771. The fraction of sp³-hybridized carbons (Fsp3) is 0.125. The van der Waals surface area contributed by atoms with E-state index in [0.29, 0.717) is 6.54 Å². The Morgan fingerprint density at radius 3 is 2.62 bits per heavy atom. The first-order valence-corrected chi connectivity index (χ1v) is 6.74. The molecule has 3 rings (SSSR count). The molecule has 0 unspecified atom stereocenters. The van der Waals surface area contributed by atoms with Crippen LogP contribution in [-0.4, -0.2) is 14.5 Å². The third kappa shape index (κ3) is 3.02. The second kappa shape index (κ2) is 5.66. The molecule has 0 bridgehead atoms. The molecule has 3 aromatic rings. The highest BCUT2D eigenvalue weighted by molar-refractivity contribution is 5.48. The van der Waals surface area contributed by atoms with Crippen molar-refractivity contribution in [1.82, 2.24) is 14.5 Å². The maximum Gasteiger partial charge on any atom is 0.330 e. The molecule has 5 heteroatoms. The number of nitrogens with one attached hydrogen (secondary N) is 2. The van der Waals surface area contributed by atoms with Gasteiger partial charge in [-0.1, -0.05) is 6.07 Å². The summed E-state index contributed by atoms with van der Waals surface area (Å²) in [5, 5.41) is 3.31. The number of aryl methyl sites for hydroxylation is 1. The Balaban J connectivity index is 1.69. The van der Waals surface area contributed by atoms with E-state index in [9.17, 15) is 4.79 Å². The number of imidazole rings is 1. The number of pyridine rings is 1. The van der Waals surface area contributed by atoms with E-state index in [1.54, 1.807) is 17.0 Å². The van der Waals surface area contributed by atoms with Gasteiger partial charge < -0.3 is 10.3 Å². The van der Waals surface area contributed by atoms with Gasteiger partial charge in [-0.2, -0.15) is 0 Å². The zero-order chi connectivity index (χ0) is 14.7. The molecule has 106 valence electrons. The summed E-state index contributed by atoms with van der Waals surface area (Å²) in [5.74, 6) is 0. The molecule has 0 atom stereocenters. The standard InChI is InChI=1S/C16H16N4O/c1-12-2-3-14(18-10-12)11-19-13-4-6-15(7-5-13)20-9-8-17-16(20)21/h2-10,19H,11H2,1H3,(H,17,21). The van der Waals surface area contributed by atoms with E-state index in [-0.39, 0.29) is 5.69 Å². The van der Waals surface area contributed by atoms with Crippen LogP contribution >= 0.6 is 0 Å². The van der Waals surface area contributed by atoms with Gasteiger partial charge in [-0.05, 0) is 42.8 Å². The van der Waals surface area contributed by atoms with Gasteiger partial charge in [-0.3, -0.25) is 9.55 Å². The number of benzene rings is 1. The molecule has 2 aromatic heterocycles. The Labute approximate surface area is 122 Å². The maximum atomic E-state index is 11.5. The maximum absolute atomic E-state index is 11.5. The predicted octanol–water partition coefficient (Wildman–Crippen LogP) is 2.48. The van der Waals surface area contributed by atoms with Gasteiger partial charge in [-0.25, -0.2) is 4.79 Å². The van der Waals surface area contributed by atoms with Gasteiger partial charge >= 0.3 is 5.69 Å². The van der Waals surface area contributed by atoms with E-state index in [1.165, 1.54) is 0 Å². The Bertz CT molecular complexity index is 769. The van der Waals surface area contributed by atoms with Crippen LogP contribution in [0.15, 0.2) is 59.8 Å². The Kier molecular flexibility index (Phi) is 3.55. The molecule has 0 spiro atoms. The summed E-state index contributed by atoms with van der Waals surface area (Å²) in [7, 11) is 0. The molecule has 0 saturated carbocycles. The van der Waals surface area contributed by atoms with Crippen LogP contribution in [-0.2, 0) is 6.54 Å². The lowest BCUT2D eigenvalue weighted by Crippen LogP contribution is -2.13. The summed E-state index contributed by atoms with van der Waals surface area (Å²) in [5.41, 5.74) is 3.83. The van der Waals surface area contributed by atoms with Gasteiger partial charge in [0.2, 0.25) is 0 Å². The van der Waals surface area contributed by atoms with Crippen molar-refractivity contribution in [2.24, 2.45) is 0 Å². The van der Waals surface area contributed by atoms with Crippen molar-refractivity contribution in [1.29, 1.82) is 0 Å². The number of aromatic amines is 1. The van der Waals surface area contributed by atoms with Crippen LogP contribution in [0, 0.1) is 6.92 Å². The number of H-pyrrole nitrogens is 1. The van der Waals surface area contributed by atoms with Gasteiger partial charge in [0.05, 0.1) is 17.9 Å². The molecule has 0 amide bonds. The molecule has 0 aliphatic carbocycles. The summed E-state index contributed by atoms with van der Waals surface area (Å²) in [6.45, 7) is 2.69. The van der Waals surface area contributed by atoms with Crippen molar-refractivity contribution >= 4 is 5.69 Å². The van der Waals surface area contributed by atoms with Crippen molar-refractivity contribution in [3.63, 3.8) is 0 Å². The van der Waals surface area contributed by atoms with E-state index in [2.05, 4.69) is 15.3 Å². The second-order valence-corrected chi connectivity index (χ2v) is 4.86. The van der Waals surface area contributed by atoms with Crippen LogP contribution in [0.25, 0.3) is 5.69 Å². The first-order valence-electron chi connectivity index (χ1n) is 6.74.